The van der Waals surface area contributed by atoms with E-state index in [0.717, 1.165) is 6.07 Å². The second-order valence-electron chi connectivity index (χ2n) is 4.09. The van der Waals surface area contributed by atoms with E-state index in [1.807, 2.05) is 0 Å². The van der Waals surface area contributed by atoms with Gasteiger partial charge in [-0.3, -0.25) is 4.79 Å². The Bertz CT molecular complexity index is 697. The Morgan fingerprint density at radius 2 is 2.10 bits per heavy atom. The maximum Gasteiger partial charge on any atom is 0.339 e. The molecule has 1 aromatic heterocycles. The van der Waals surface area contributed by atoms with Gasteiger partial charge in [-0.2, -0.15) is 0 Å². The van der Waals surface area contributed by atoms with E-state index in [-0.39, 0.29) is 16.8 Å². The fourth-order valence-electron chi connectivity index (χ4n) is 1.76. The summed E-state index contributed by atoms with van der Waals surface area (Å²) < 4.78 is 14.2. The molecule has 0 fully saturated rings. The molecule has 0 radical (unpaired) electrons. The molecule has 0 aliphatic rings. The van der Waals surface area contributed by atoms with E-state index >= 15 is 0 Å². The summed E-state index contributed by atoms with van der Waals surface area (Å²) in [6.07, 6.45) is 1.35. The number of aromatic amines is 1. The van der Waals surface area contributed by atoms with Crippen LogP contribution >= 0.6 is 15.9 Å². The van der Waals surface area contributed by atoms with Crippen LogP contribution in [-0.4, -0.2) is 22.0 Å². The standard InChI is InChI=1S/C13H10BrFN2O3/c1-6-11(13(19)20)10(5-16-6)17-12(18)8-3-2-7(14)4-9(8)15/h2-5,16H,1H3,(H,17,18)(H,19,20). The molecule has 0 aliphatic heterocycles. The minimum absolute atomic E-state index is 0.0455. The maximum absolute atomic E-state index is 13.7. The number of hydrogen-bond acceptors (Lipinski definition) is 2. The highest BCUT2D eigenvalue weighted by molar-refractivity contribution is 9.10. The number of aromatic carboxylic acids is 1. The number of aryl methyl sites for hydroxylation is 1. The fourth-order valence-corrected chi connectivity index (χ4v) is 2.10. The van der Waals surface area contributed by atoms with Crippen LogP contribution in [-0.2, 0) is 0 Å². The van der Waals surface area contributed by atoms with Crippen molar-refractivity contribution in [2.45, 2.75) is 6.92 Å². The molecule has 0 unspecified atom stereocenters. The molecule has 1 heterocycles. The van der Waals surface area contributed by atoms with E-state index in [9.17, 15) is 14.0 Å². The molecule has 5 nitrogen and oxygen atoms in total. The Morgan fingerprint density at radius 3 is 2.70 bits per heavy atom. The van der Waals surface area contributed by atoms with Gasteiger partial charge in [-0.25, -0.2) is 9.18 Å². The molecular weight excluding hydrogens is 331 g/mol. The van der Waals surface area contributed by atoms with Crippen molar-refractivity contribution in [2.75, 3.05) is 5.32 Å². The van der Waals surface area contributed by atoms with E-state index in [0.29, 0.717) is 10.2 Å². The second kappa shape index (κ2) is 5.46. The van der Waals surface area contributed by atoms with Crippen molar-refractivity contribution in [3.8, 4) is 0 Å². The number of halogens is 2. The van der Waals surface area contributed by atoms with Crippen LogP contribution in [0.2, 0.25) is 0 Å². The predicted molar refractivity (Wildman–Crippen MR) is 74.5 cm³/mol. The summed E-state index contributed by atoms with van der Waals surface area (Å²) in [4.78, 5) is 25.7. The first-order chi connectivity index (χ1) is 9.40. The minimum atomic E-state index is -1.17. The van der Waals surface area contributed by atoms with Gasteiger partial charge < -0.3 is 15.4 Å². The van der Waals surface area contributed by atoms with Crippen LogP contribution in [0.1, 0.15) is 26.4 Å². The fraction of sp³-hybridized carbons (Fsp3) is 0.0769. The van der Waals surface area contributed by atoms with Gasteiger partial charge in [0.05, 0.1) is 11.3 Å². The molecule has 0 saturated heterocycles. The molecule has 0 saturated carbocycles. The second-order valence-corrected chi connectivity index (χ2v) is 5.00. The SMILES string of the molecule is Cc1[nH]cc(NC(=O)c2ccc(Br)cc2F)c1C(=O)O. The number of carbonyl (C=O) groups is 2. The Kier molecular flexibility index (Phi) is 3.89. The van der Waals surface area contributed by atoms with Crippen molar-refractivity contribution in [3.05, 3.63) is 51.5 Å². The first kappa shape index (κ1) is 14.3. The largest absolute Gasteiger partial charge is 0.478 e. The highest BCUT2D eigenvalue weighted by Gasteiger charge is 2.19. The van der Waals surface area contributed by atoms with Crippen molar-refractivity contribution in [1.82, 2.24) is 4.98 Å². The number of aromatic nitrogens is 1. The Balaban J connectivity index is 2.31. The summed E-state index contributed by atoms with van der Waals surface area (Å²) in [6, 6.07) is 4.00. The molecule has 3 N–H and O–H groups in total. The molecule has 2 rings (SSSR count). The highest BCUT2D eigenvalue weighted by Crippen LogP contribution is 2.21. The lowest BCUT2D eigenvalue weighted by molar-refractivity contribution is 0.0697. The van der Waals surface area contributed by atoms with Crippen molar-refractivity contribution < 1.29 is 19.1 Å². The Hall–Kier alpha value is -2.15. The van der Waals surface area contributed by atoms with Crippen molar-refractivity contribution in [2.24, 2.45) is 0 Å². The van der Waals surface area contributed by atoms with Gasteiger partial charge in [-0.15, -0.1) is 0 Å². The zero-order valence-electron chi connectivity index (χ0n) is 10.3. The summed E-state index contributed by atoms with van der Waals surface area (Å²) in [5.41, 5.74) is 0.297. The summed E-state index contributed by atoms with van der Waals surface area (Å²) >= 11 is 3.09. The van der Waals surface area contributed by atoms with Gasteiger partial charge in [0.25, 0.3) is 5.91 Å². The van der Waals surface area contributed by atoms with Gasteiger partial charge in [-0.1, -0.05) is 15.9 Å². The van der Waals surface area contributed by atoms with Gasteiger partial charge in [-0.05, 0) is 25.1 Å². The zero-order valence-corrected chi connectivity index (χ0v) is 11.9. The molecule has 1 amide bonds. The lowest BCUT2D eigenvalue weighted by atomic mass is 10.2. The summed E-state index contributed by atoms with van der Waals surface area (Å²) in [5, 5.41) is 11.4. The molecule has 104 valence electrons. The van der Waals surface area contributed by atoms with E-state index in [4.69, 9.17) is 5.11 Å². The molecule has 0 aliphatic carbocycles. The Morgan fingerprint density at radius 1 is 1.40 bits per heavy atom. The third-order valence-electron chi connectivity index (χ3n) is 2.72. The summed E-state index contributed by atoms with van der Waals surface area (Å²) in [7, 11) is 0. The lowest BCUT2D eigenvalue weighted by Gasteiger charge is -2.06. The molecule has 2 aromatic rings. The van der Waals surface area contributed by atoms with E-state index in [2.05, 4.69) is 26.2 Å². The van der Waals surface area contributed by atoms with Gasteiger partial charge in [0, 0.05) is 16.4 Å². The third kappa shape index (κ3) is 2.72. The number of nitrogens with one attached hydrogen (secondary N) is 2. The van der Waals surface area contributed by atoms with Gasteiger partial charge in [0.15, 0.2) is 0 Å². The smallest absolute Gasteiger partial charge is 0.339 e. The number of rotatable bonds is 3. The zero-order chi connectivity index (χ0) is 14.9. The van der Waals surface area contributed by atoms with Crippen LogP contribution in [0.3, 0.4) is 0 Å². The number of H-pyrrole nitrogens is 1. The summed E-state index contributed by atoms with van der Waals surface area (Å²) in [6.45, 7) is 1.57. The molecule has 1 aromatic carbocycles. The molecule has 0 spiro atoms. The quantitative estimate of drug-likeness (QED) is 0.802. The van der Waals surface area contributed by atoms with Crippen LogP contribution in [0.25, 0.3) is 0 Å². The number of anilines is 1. The highest BCUT2D eigenvalue weighted by atomic mass is 79.9. The topological polar surface area (TPSA) is 82.2 Å². The number of carboxylic acid groups (broad SMARTS) is 1. The van der Waals surface area contributed by atoms with Crippen LogP contribution in [0, 0.1) is 12.7 Å². The first-order valence-corrected chi connectivity index (χ1v) is 6.37. The molecule has 0 atom stereocenters. The Labute approximate surface area is 121 Å². The van der Waals surface area contributed by atoms with E-state index in [1.165, 1.54) is 18.3 Å². The average Bonchev–Trinajstić information content (AvgIpc) is 2.70. The lowest BCUT2D eigenvalue weighted by Crippen LogP contribution is -2.15. The van der Waals surface area contributed by atoms with Crippen LogP contribution < -0.4 is 5.32 Å². The molecule has 7 heteroatoms. The van der Waals surface area contributed by atoms with E-state index < -0.39 is 17.7 Å². The van der Waals surface area contributed by atoms with Crippen LogP contribution in [0.4, 0.5) is 10.1 Å². The van der Waals surface area contributed by atoms with Crippen molar-refractivity contribution in [3.63, 3.8) is 0 Å². The average molecular weight is 341 g/mol. The van der Waals surface area contributed by atoms with Gasteiger partial charge >= 0.3 is 5.97 Å². The maximum atomic E-state index is 13.7. The minimum Gasteiger partial charge on any atom is -0.478 e. The number of amides is 1. The van der Waals surface area contributed by atoms with Gasteiger partial charge in [0.1, 0.15) is 11.4 Å². The molecular formula is C13H10BrFN2O3. The predicted octanol–water partition coefficient (Wildman–Crippen LogP) is 3.18. The molecule has 0 bridgehead atoms. The number of carboxylic acids is 1. The van der Waals surface area contributed by atoms with Crippen molar-refractivity contribution >= 4 is 33.5 Å². The number of benzene rings is 1. The third-order valence-corrected chi connectivity index (χ3v) is 3.21. The van der Waals surface area contributed by atoms with Crippen LogP contribution in [0.15, 0.2) is 28.9 Å². The number of hydrogen-bond donors (Lipinski definition) is 3. The van der Waals surface area contributed by atoms with Crippen LogP contribution in [0.5, 0.6) is 0 Å². The molecule has 20 heavy (non-hydrogen) atoms. The number of carbonyl (C=O) groups excluding carboxylic acids is 1. The summed E-state index contributed by atoms with van der Waals surface area (Å²) in [5.74, 6) is -2.58. The monoisotopic (exact) mass is 340 g/mol. The van der Waals surface area contributed by atoms with Crippen molar-refractivity contribution in [1.29, 1.82) is 0 Å². The first-order valence-electron chi connectivity index (χ1n) is 5.58. The van der Waals surface area contributed by atoms with Gasteiger partial charge in [0.2, 0.25) is 0 Å². The van der Waals surface area contributed by atoms with E-state index in [1.54, 1.807) is 6.92 Å². The normalized spacial score (nSPS) is 10.3.